The lowest BCUT2D eigenvalue weighted by Gasteiger charge is -2.11. The smallest absolute Gasteiger partial charge is 0.143 e. The van der Waals surface area contributed by atoms with Crippen LogP contribution in [0.1, 0.15) is 12.5 Å². The van der Waals surface area contributed by atoms with Crippen LogP contribution in [0.5, 0.6) is 0 Å². The fourth-order valence-corrected chi connectivity index (χ4v) is 2.62. The van der Waals surface area contributed by atoms with Gasteiger partial charge >= 0.3 is 0 Å². The van der Waals surface area contributed by atoms with E-state index in [1.54, 1.807) is 6.08 Å². The van der Waals surface area contributed by atoms with E-state index in [4.69, 9.17) is 0 Å². The van der Waals surface area contributed by atoms with Crippen LogP contribution in [0.3, 0.4) is 0 Å². The number of rotatable bonds is 2. The van der Waals surface area contributed by atoms with E-state index in [0.717, 1.165) is 17.4 Å². The van der Waals surface area contributed by atoms with E-state index in [9.17, 15) is 4.79 Å². The molecule has 3 aromatic carbocycles. The van der Waals surface area contributed by atoms with E-state index in [0.29, 0.717) is 0 Å². The van der Waals surface area contributed by atoms with Crippen LogP contribution in [-0.2, 0) is 4.79 Å². The SMILES string of the molecule is CC(=CC=O)c1c2ccccc2cc2ccccc12. The van der Waals surface area contributed by atoms with Gasteiger partial charge in [-0.05, 0) is 51.7 Å². The van der Waals surface area contributed by atoms with Gasteiger partial charge in [0.1, 0.15) is 6.29 Å². The average molecular weight is 246 g/mol. The molecule has 0 N–H and O–H groups in total. The quantitative estimate of drug-likeness (QED) is 0.367. The molecule has 0 fully saturated rings. The summed E-state index contributed by atoms with van der Waals surface area (Å²) in [7, 11) is 0. The Morgan fingerprint density at radius 2 is 1.42 bits per heavy atom. The molecule has 3 rings (SSSR count). The molecule has 1 heteroatoms. The normalized spacial score (nSPS) is 11.9. The van der Waals surface area contributed by atoms with Crippen LogP contribution >= 0.6 is 0 Å². The first-order valence-electron chi connectivity index (χ1n) is 6.34. The van der Waals surface area contributed by atoms with Gasteiger partial charge in [0.15, 0.2) is 0 Å². The van der Waals surface area contributed by atoms with Crippen LogP contribution in [0.4, 0.5) is 0 Å². The van der Waals surface area contributed by atoms with Crippen molar-refractivity contribution < 1.29 is 4.79 Å². The summed E-state index contributed by atoms with van der Waals surface area (Å²) in [5.41, 5.74) is 2.16. The zero-order chi connectivity index (χ0) is 13.2. The average Bonchev–Trinajstić information content (AvgIpc) is 2.44. The molecule has 1 nitrogen and oxygen atoms in total. The van der Waals surface area contributed by atoms with Crippen molar-refractivity contribution in [3.63, 3.8) is 0 Å². The van der Waals surface area contributed by atoms with Gasteiger partial charge in [-0.2, -0.15) is 0 Å². The van der Waals surface area contributed by atoms with E-state index in [1.165, 1.54) is 21.5 Å². The number of allylic oxidation sites excluding steroid dienone is 2. The standard InChI is InChI=1S/C18H14O/c1-13(10-11-19)18-16-8-4-2-6-14(16)12-15-7-3-5-9-17(15)18/h2-12H,1H3. The highest BCUT2D eigenvalue weighted by Crippen LogP contribution is 2.32. The summed E-state index contributed by atoms with van der Waals surface area (Å²) >= 11 is 0. The summed E-state index contributed by atoms with van der Waals surface area (Å²) in [4.78, 5) is 10.8. The van der Waals surface area contributed by atoms with Crippen LogP contribution in [0.25, 0.3) is 27.1 Å². The molecule has 0 aliphatic heterocycles. The first-order valence-corrected chi connectivity index (χ1v) is 6.34. The van der Waals surface area contributed by atoms with Gasteiger partial charge in [0.05, 0.1) is 0 Å². The van der Waals surface area contributed by atoms with Gasteiger partial charge in [-0.1, -0.05) is 48.5 Å². The fourth-order valence-electron chi connectivity index (χ4n) is 2.62. The van der Waals surface area contributed by atoms with Crippen LogP contribution in [0.2, 0.25) is 0 Å². The van der Waals surface area contributed by atoms with Crippen molar-refractivity contribution in [3.8, 4) is 0 Å². The second-order valence-electron chi connectivity index (χ2n) is 4.68. The Hall–Kier alpha value is -2.41. The first-order chi connectivity index (χ1) is 9.31. The first kappa shape index (κ1) is 11.7. The molecule has 3 aromatic rings. The molecule has 0 aliphatic rings. The number of benzene rings is 3. The summed E-state index contributed by atoms with van der Waals surface area (Å²) in [5.74, 6) is 0. The number of hydrogen-bond donors (Lipinski definition) is 0. The Morgan fingerprint density at radius 1 is 0.895 bits per heavy atom. The predicted octanol–water partition coefficient (Wildman–Crippen LogP) is 4.60. The third-order valence-corrected chi connectivity index (χ3v) is 3.48. The summed E-state index contributed by atoms with van der Waals surface area (Å²) < 4.78 is 0. The molecular formula is C18H14O. The van der Waals surface area contributed by atoms with Crippen LogP contribution in [0, 0.1) is 0 Å². The molecule has 0 saturated heterocycles. The Labute approximate surface area is 112 Å². The second kappa shape index (κ2) is 4.69. The molecule has 0 radical (unpaired) electrons. The van der Waals surface area contributed by atoms with Crippen molar-refractivity contribution in [2.24, 2.45) is 0 Å². The third kappa shape index (κ3) is 1.93. The highest BCUT2D eigenvalue weighted by molar-refractivity contribution is 6.09. The molecule has 92 valence electrons. The maximum Gasteiger partial charge on any atom is 0.143 e. The lowest BCUT2D eigenvalue weighted by Crippen LogP contribution is -1.87. The molecule has 0 spiro atoms. The van der Waals surface area contributed by atoms with E-state index in [2.05, 4.69) is 30.3 Å². The minimum Gasteiger partial charge on any atom is -0.299 e. The fraction of sp³-hybridized carbons (Fsp3) is 0.0556. The topological polar surface area (TPSA) is 17.1 Å². The second-order valence-corrected chi connectivity index (χ2v) is 4.68. The number of fused-ring (bicyclic) bond motifs is 2. The van der Waals surface area contributed by atoms with E-state index in [1.807, 2.05) is 31.2 Å². The maximum absolute atomic E-state index is 10.8. The molecule has 0 amide bonds. The third-order valence-electron chi connectivity index (χ3n) is 3.48. The zero-order valence-electron chi connectivity index (χ0n) is 10.8. The Bertz CT molecular complexity index is 743. The molecule has 19 heavy (non-hydrogen) atoms. The molecule has 0 bridgehead atoms. The monoisotopic (exact) mass is 246 g/mol. The minimum atomic E-state index is 0.853. The molecule has 0 atom stereocenters. The van der Waals surface area contributed by atoms with Crippen molar-refractivity contribution in [3.05, 3.63) is 66.2 Å². The highest BCUT2D eigenvalue weighted by Gasteiger charge is 2.08. The zero-order valence-corrected chi connectivity index (χ0v) is 10.8. The van der Waals surface area contributed by atoms with Crippen molar-refractivity contribution in [1.29, 1.82) is 0 Å². The number of hydrogen-bond acceptors (Lipinski definition) is 1. The van der Waals surface area contributed by atoms with E-state index in [-0.39, 0.29) is 0 Å². The maximum atomic E-state index is 10.8. The lowest BCUT2D eigenvalue weighted by atomic mass is 9.92. The predicted molar refractivity (Wildman–Crippen MR) is 81.2 cm³/mol. The summed E-state index contributed by atoms with van der Waals surface area (Å²) in [6.07, 6.45) is 2.49. The van der Waals surface area contributed by atoms with Gasteiger partial charge in [-0.3, -0.25) is 4.79 Å². The van der Waals surface area contributed by atoms with E-state index >= 15 is 0 Å². The number of aldehydes is 1. The van der Waals surface area contributed by atoms with Crippen molar-refractivity contribution in [1.82, 2.24) is 0 Å². The summed E-state index contributed by atoms with van der Waals surface area (Å²) in [6.45, 7) is 1.99. The Balaban J connectivity index is 2.53. The molecule has 0 aliphatic carbocycles. The minimum absolute atomic E-state index is 0.853. The number of carbonyl (C=O) groups is 1. The molecular weight excluding hydrogens is 232 g/mol. The van der Waals surface area contributed by atoms with Gasteiger partial charge in [-0.15, -0.1) is 0 Å². The Morgan fingerprint density at radius 3 is 1.95 bits per heavy atom. The molecule has 0 saturated carbocycles. The van der Waals surface area contributed by atoms with E-state index < -0.39 is 0 Å². The van der Waals surface area contributed by atoms with Gasteiger partial charge in [-0.25, -0.2) is 0 Å². The van der Waals surface area contributed by atoms with Crippen LogP contribution in [-0.4, -0.2) is 6.29 Å². The summed E-state index contributed by atoms with van der Waals surface area (Å²) in [5, 5.41) is 4.79. The summed E-state index contributed by atoms with van der Waals surface area (Å²) in [6, 6.07) is 18.8. The largest absolute Gasteiger partial charge is 0.299 e. The van der Waals surface area contributed by atoms with Crippen LogP contribution < -0.4 is 0 Å². The number of carbonyl (C=O) groups excluding carboxylic acids is 1. The van der Waals surface area contributed by atoms with Crippen molar-refractivity contribution >= 4 is 33.4 Å². The van der Waals surface area contributed by atoms with Crippen molar-refractivity contribution in [2.75, 3.05) is 0 Å². The Kier molecular flexibility index (Phi) is 2.88. The van der Waals surface area contributed by atoms with Gasteiger partial charge < -0.3 is 0 Å². The lowest BCUT2D eigenvalue weighted by molar-refractivity contribution is -0.104. The van der Waals surface area contributed by atoms with Gasteiger partial charge in [0, 0.05) is 0 Å². The van der Waals surface area contributed by atoms with Gasteiger partial charge in [0.2, 0.25) is 0 Å². The highest BCUT2D eigenvalue weighted by atomic mass is 16.1. The van der Waals surface area contributed by atoms with Gasteiger partial charge in [0.25, 0.3) is 0 Å². The molecule has 0 heterocycles. The van der Waals surface area contributed by atoms with Crippen molar-refractivity contribution in [2.45, 2.75) is 6.92 Å². The molecule has 0 unspecified atom stereocenters. The molecule has 0 aromatic heterocycles. The van der Waals surface area contributed by atoms with Crippen LogP contribution in [0.15, 0.2) is 60.7 Å².